The third-order valence-electron chi connectivity index (χ3n) is 4.56. The maximum atomic E-state index is 12.2. The molecule has 0 atom stereocenters. The van der Waals surface area contributed by atoms with Crippen LogP contribution in [0.3, 0.4) is 0 Å². The van der Waals surface area contributed by atoms with Crippen LogP contribution in [0.4, 0.5) is 4.79 Å². The first-order valence-electron chi connectivity index (χ1n) is 9.37. The summed E-state index contributed by atoms with van der Waals surface area (Å²) in [6, 6.07) is 0.0913. The Bertz CT molecular complexity index is 568. The lowest BCUT2D eigenvalue weighted by molar-refractivity contribution is -0.131. The molecule has 0 spiro atoms. The van der Waals surface area contributed by atoms with Crippen LogP contribution in [-0.2, 0) is 14.3 Å². The van der Waals surface area contributed by atoms with E-state index in [1.165, 1.54) is 12.8 Å². The van der Waals surface area contributed by atoms with Crippen molar-refractivity contribution in [3.63, 3.8) is 0 Å². The van der Waals surface area contributed by atoms with Crippen LogP contribution in [0.15, 0.2) is 11.6 Å². The zero-order valence-corrected chi connectivity index (χ0v) is 16.3. The maximum Gasteiger partial charge on any atom is 0.408 e. The average molecular weight is 365 g/mol. The molecule has 1 aliphatic carbocycles. The SMILES string of the molecule is C/C(=C\C(=O)NC1CCN(C(=O)CNC(=O)OC(C)(C)C)CC1)C1CC1. The van der Waals surface area contributed by atoms with Crippen LogP contribution in [0.1, 0.15) is 53.4 Å². The molecule has 1 heterocycles. The Morgan fingerprint density at radius 2 is 1.73 bits per heavy atom. The Morgan fingerprint density at radius 3 is 2.27 bits per heavy atom. The Morgan fingerprint density at radius 1 is 1.12 bits per heavy atom. The summed E-state index contributed by atoms with van der Waals surface area (Å²) >= 11 is 0. The van der Waals surface area contributed by atoms with Gasteiger partial charge in [-0.1, -0.05) is 5.57 Å². The predicted octanol–water partition coefficient (Wildman–Crippen LogP) is 1.97. The van der Waals surface area contributed by atoms with Gasteiger partial charge >= 0.3 is 6.09 Å². The number of likely N-dealkylation sites (tertiary alicyclic amines) is 1. The first-order chi connectivity index (χ1) is 12.1. The summed E-state index contributed by atoms with van der Waals surface area (Å²) in [5.74, 6) is 0.425. The smallest absolute Gasteiger partial charge is 0.408 e. The van der Waals surface area contributed by atoms with E-state index >= 15 is 0 Å². The van der Waals surface area contributed by atoms with Crippen molar-refractivity contribution in [3.05, 3.63) is 11.6 Å². The fourth-order valence-corrected chi connectivity index (χ4v) is 2.95. The topological polar surface area (TPSA) is 87.7 Å². The number of carbonyl (C=O) groups is 3. The fraction of sp³-hybridized carbons (Fsp3) is 0.737. The van der Waals surface area contributed by atoms with Crippen molar-refractivity contribution in [2.24, 2.45) is 5.92 Å². The third-order valence-corrected chi connectivity index (χ3v) is 4.56. The van der Waals surface area contributed by atoms with E-state index in [4.69, 9.17) is 4.74 Å². The van der Waals surface area contributed by atoms with E-state index in [1.807, 2.05) is 6.92 Å². The second-order valence-electron chi connectivity index (χ2n) is 8.18. The van der Waals surface area contributed by atoms with Crippen molar-refractivity contribution in [2.75, 3.05) is 19.6 Å². The molecule has 0 unspecified atom stereocenters. The summed E-state index contributed by atoms with van der Waals surface area (Å²) in [6.07, 6.45) is 4.94. The highest BCUT2D eigenvalue weighted by molar-refractivity contribution is 5.88. The van der Waals surface area contributed by atoms with Gasteiger partial charge in [0.1, 0.15) is 12.1 Å². The highest BCUT2D eigenvalue weighted by Gasteiger charge is 2.26. The summed E-state index contributed by atoms with van der Waals surface area (Å²) in [5.41, 5.74) is 0.569. The number of rotatable bonds is 5. The van der Waals surface area contributed by atoms with Crippen molar-refractivity contribution >= 4 is 17.9 Å². The highest BCUT2D eigenvalue weighted by atomic mass is 16.6. The lowest BCUT2D eigenvalue weighted by atomic mass is 10.0. The molecule has 1 saturated heterocycles. The minimum absolute atomic E-state index is 0.0363. The van der Waals surface area contributed by atoms with Gasteiger partial charge < -0.3 is 20.3 Å². The Balaban J connectivity index is 1.67. The molecule has 0 aromatic heterocycles. The second kappa shape index (κ2) is 8.56. The van der Waals surface area contributed by atoms with E-state index in [2.05, 4.69) is 10.6 Å². The van der Waals surface area contributed by atoms with Crippen LogP contribution in [0.25, 0.3) is 0 Å². The number of allylic oxidation sites excluding steroid dienone is 1. The fourth-order valence-electron chi connectivity index (χ4n) is 2.95. The molecule has 2 fully saturated rings. The predicted molar refractivity (Wildman–Crippen MR) is 98.5 cm³/mol. The van der Waals surface area contributed by atoms with Crippen molar-refractivity contribution in [1.82, 2.24) is 15.5 Å². The molecular weight excluding hydrogens is 334 g/mol. The van der Waals surface area contributed by atoms with Crippen LogP contribution >= 0.6 is 0 Å². The van der Waals surface area contributed by atoms with E-state index < -0.39 is 11.7 Å². The third kappa shape index (κ3) is 7.06. The number of ether oxygens (including phenoxy) is 1. The van der Waals surface area contributed by atoms with Gasteiger partial charge in [0.05, 0.1) is 0 Å². The lowest BCUT2D eigenvalue weighted by Gasteiger charge is -2.32. The number of nitrogens with one attached hydrogen (secondary N) is 2. The first kappa shape index (κ1) is 20.3. The number of hydrogen-bond donors (Lipinski definition) is 2. The van der Waals surface area contributed by atoms with E-state index in [0.29, 0.717) is 19.0 Å². The van der Waals surface area contributed by atoms with Crippen LogP contribution in [-0.4, -0.2) is 54.1 Å². The molecule has 7 nitrogen and oxygen atoms in total. The normalized spacial score (nSPS) is 19.1. The van der Waals surface area contributed by atoms with Gasteiger partial charge in [-0.25, -0.2) is 4.79 Å². The van der Waals surface area contributed by atoms with Crippen LogP contribution in [0.5, 0.6) is 0 Å². The lowest BCUT2D eigenvalue weighted by Crippen LogP contribution is -2.49. The molecule has 0 radical (unpaired) electrons. The van der Waals surface area contributed by atoms with E-state index in [-0.39, 0.29) is 24.4 Å². The number of piperidine rings is 1. The van der Waals surface area contributed by atoms with Gasteiger partial charge in [-0.15, -0.1) is 0 Å². The zero-order chi connectivity index (χ0) is 19.3. The van der Waals surface area contributed by atoms with Gasteiger partial charge in [-0.3, -0.25) is 9.59 Å². The quantitative estimate of drug-likeness (QED) is 0.729. The molecule has 2 aliphatic rings. The molecule has 0 bridgehead atoms. The van der Waals surface area contributed by atoms with Crippen LogP contribution in [0, 0.1) is 5.92 Å². The van der Waals surface area contributed by atoms with Gasteiger partial charge in [0.25, 0.3) is 0 Å². The Labute approximate surface area is 155 Å². The van der Waals surface area contributed by atoms with Crippen molar-refractivity contribution < 1.29 is 19.1 Å². The van der Waals surface area contributed by atoms with Gasteiger partial charge in [0, 0.05) is 25.2 Å². The summed E-state index contributed by atoms with van der Waals surface area (Å²) in [7, 11) is 0. The van der Waals surface area contributed by atoms with Crippen LogP contribution < -0.4 is 10.6 Å². The number of amides is 3. The maximum absolute atomic E-state index is 12.2. The van der Waals surface area contributed by atoms with Crippen LogP contribution in [0.2, 0.25) is 0 Å². The number of carbonyl (C=O) groups excluding carboxylic acids is 3. The molecule has 146 valence electrons. The van der Waals surface area contributed by atoms with E-state index in [1.54, 1.807) is 31.7 Å². The molecule has 26 heavy (non-hydrogen) atoms. The standard InChI is InChI=1S/C19H31N3O4/c1-13(14-5-6-14)11-16(23)21-15-7-9-22(10-8-15)17(24)12-20-18(25)26-19(2,3)4/h11,14-15H,5-10,12H2,1-4H3,(H,20,25)(H,21,23)/b13-11+. The van der Waals surface area contributed by atoms with Crippen molar-refractivity contribution in [2.45, 2.75) is 65.0 Å². The number of hydrogen-bond acceptors (Lipinski definition) is 4. The molecular formula is C19H31N3O4. The molecule has 0 aromatic carbocycles. The Kier molecular flexibility index (Phi) is 6.67. The molecule has 1 saturated carbocycles. The molecule has 2 N–H and O–H groups in total. The van der Waals surface area contributed by atoms with Gasteiger partial charge in [0.2, 0.25) is 11.8 Å². The summed E-state index contributed by atoms with van der Waals surface area (Å²) in [5, 5.41) is 5.51. The van der Waals surface area contributed by atoms with Gasteiger partial charge in [-0.05, 0) is 59.3 Å². The minimum atomic E-state index is -0.592. The van der Waals surface area contributed by atoms with E-state index in [9.17, 15) is 14.4 Å². The van der Waals surface area contributed by atoms with Crippen molar-refractivity contribution in [3.8, 4) is 0 Å². The van der Waals surface area contributed by atoms with Crippen molar-refractivity contribution in [1.29, 1.82) is 0 Å². The molecule has 7 heteroatoms. The zero-order valence-electron chi connectivity index (χ0n) is 16.3. The summed E-state index contributed by atoms with van der Waals surface area (Å²) in [4.78, 5) is 37.5. The van der Waals surface area contributed by atoms with Gasteiger partial charge in [-0.2, -0.15) is 0 Å². The first-order valence-corrected chi connectivity index (χ1v) is 9.37. The average Bonchev–Trinajstić information content (AvgIpc) is 3.36. The number of alkyl carbamates (subject to hydrolysis) is 1. The second-order valence-corrected chi connectivity index (χ2v) is 8.18. The molecule has 3 amide bonds. The minimum Gasteiger partial charge on any atom is -0.444 e. The summed E-state index contributed by atoms with van der Waals surface area (Å²) in [6.45, 7) is 8.40. The summed E-state index contributed by atoms with van der Waals surface area (Å²) < 4.78 is 5.12. The van der Waals surface area contributed by atoms with E-state index in [0.717, 1.165) is 18.4 Å². The van der Waals surface area contributed by atoms with Gasteiger partial charge in [0.15, 0.2) is 0 Å². The molecule has 2 rings (SSSR count). The molecule has 0 aromatic rings. The number of nitrogens with zero attached hydrogens (tertiary/aromatic N) is 1. The Hall–Kier alpha value is -2.05. The highest BCUT2D eigenvalue weighted by Crippen LogP contribution is 2.35. The largest absolute Gasteiger partial charge is 0.444 e. The molecule has 1 aliphatic heterocycles. The monoisotopic (exact) mass is 365 g/mol.